The standard InChI is InChI=1S/C20H22Cl2N2O2/c1-2-3-7-23-8-4-9-26-14-5-6-15-17(12-14)24-18-11-13(21)10-16(22)19(18)20(15)25/h5-6,10-12,23H,2-4,7-9H2,1H3,(H,24,25). The molecule has 0 aliphatic rings. The molecule has 0 aliphatic heterocycles. The predicted molar refractivity (Wildman–Crippen MR) is 110 cm³/mol. The molecule has 0 aliphatic carbocycles. The van der Waals surface area contributed by atoms with Crippen LogP contribution in [0.3, 0.4) is 0 Å². The summed E-state index contributed by atoms with van der Waals surface area (Å²) in [6.45, 7) is 4.79. The van der Waals surface area contributed by atoms with Crippen LogP contribution in [0.5, 0.6) is 5.75 Å². The second-order valence-electron chi connectivity index (χ2n) is 6.28. The van der Waals surface area contributed by atoms with Crippen LogP contribution in [0.15, 0.2) is 35.1 Å². The number of benzene rings is 2. The molecule has 2 aromatic carbocycles. The monoisotopic (exact) mass is 392 g/mol. The first-order chi connectivity index (χ1) is 12.6. The van der Waals surface area contributed by atoms with Crippen molar-refractivity contribution in [2.45, 2.75) is 26.2 Å². The molecule has 0 spiro atoms. The molecule has 138 valence electrons. The Hall–Kier alpha value is -1.75. The highest BCUT2D eigenvalue weighted by Gasteiger charge is 2.10. The molecule has 0 bridgehead atoms. The number of hydrogen-bond donors (Lipinski definition) is 2. The van der Waals surface area contributed by atoms with Crippen LogP contribution in [0.2, 0.25) is 10.0 Å². The summed E-state index contributed by atoms with van der Waals surface area (Å²) in [6.07, 6.45) is 3.33. The van der Waals surface area contributed by atoms with Gasteiger partial charge in [0.25, 0.3) is 0 Å². The Balaban J connectivity index is 1.76. The van der Waals surface area contributed by atoms with Crippen LogP contribution in [-0.2, 0) is 0 Å². The molecule has 0 amide bonds. The maximum Gasteiger partial charge on any atom is 0.198 e. The molecule has 0 saturated heterocycles. The molecule has 6 heteroatoms. The van der Waals surface area contributed by atoms with Crippen LogP contribution in [0.4, 0.5) is 0 Å². The van der Waals surface area contributed by atoms with Gasteiger partial charge in [0.05, 0.1) is 28.0 Å². The number of aromatic nitrogens is 1. The Morgan fingerprint density at radius 3 is 2.69 bits per heavy atom. The van der Waals surface area contributed by atoms with E-state index in [1.165, 1.54) is 12.8 Å². The lowest BCUT2D eigenvalue weighted by Crippen LogP contribution is -2.18. The predicted octanol–water partition coefficient (Wildman–Crippen LogP) is 5.15. The van der Waals surface area contributed by atoms with Gasteiger partial charge in [0.1, 0.15) is 5.75 Å². The van der Waals surface area contributed by atoms with E-state index in [0.717, 1.165) is 25.3 Å². The van der Waals surface area contributed by atoms with E-state index >= 15 is 0 Å². The fourth-order valence-corrected chi connectivity index (χ4v) is 3.49. The van der Waals surface area contributed by atoms with E-state index in [0.29, 0.717) is 38.5 Å². The zero-order chi connectivity index (χ0) is 18.5. The number of H-pyrrole nitrogens is 1. The van der Waals surface area contributed by atoms with Crippen molar-refractivity contribution in [3.63, 3.8) is 0 Å². The Kier molecular flexibility index (Phi) is 6.41. The first-order valence-corrected chi connectivity index (χ1v) is 9.64. The van der Waals surface area contributed by atoms with Gasteiger partial charge in [-0.1, -0.05) is 36.5 Å². The molecule has 0 unspecified atom stereocenters. The maximum absolute atomic E-state index is 12.7. The van der Waals surface area contributed by atoms with Gasteiger partial charge in [-0.15, -0.1) is 0 Å². The SMILES string of the molecule is CCCCNCCCOc1ccc2c(=O)c3c(Cl)cc(Cl)cc3[nH]c2c1. The summed E-state index contributed by atoms with van der Waals surface area (Å²) in [7, 11) is 0. The number of fused-ring (bicyclic) bond motifs is 2. The molecule has 26 heavy (non-hydrogen) atoms. The lowest BCUT2D eigenvalue weighted by Gasteiger charge is -2.09. The van der Waals surface area contributed by atoms with Crippen molar-refractivity contribution >= 4 is 45.0 Å². The molecule has 4 nitrogen and oxygen atoms in total. The van der Waals surface area contributed by atoms with Gasteiger partial charge < -0.3 is 15.0 Å². The van der Waals surface area contributed by atoms with E-state index in [2.05, 4.69) is 17.2 Å². The normalized spacial score (nSPS) is 11.3. The number of hydrogen-bond acceptors (Lipinski definition) is 3. The fourth-order valence-electron chi connectivity index (χ4n) is 2.91. The second kappa shape index (κ2) is 8.76. The first kappa shape index (κ1) is 19.0. The lowest BCUT2D eigenvalue weighted by molar-refractivity contribution is 0.308. The van der Waals surface area contributed by atoms with Gasteiger partial charge in [-0.25, -0.2) is 0 Å². The minimum atomic E-state index is -0.109. The Labute approximate surface area is 162 Å². The third-order valence-corrected chi connectivity index (χ3v) is 4.78. The van der Waals surface area contributed by atoms with Crippen LogP contribution >= 0.6 is 23.2 Å². The zero-order valence-corrected chi connectivity index (χ0v) is 16.2. The van der Waals surface area contributed by atoms with Gasteiger partial charge in [-0.3, -0.25) is 4.79 Å². The highest BCUT2D eigenvalue weighted by atomic mass is 35.5. The smallest absolute Gasteiger partial charge is 0.198 e. The molecule has 0 saturated carbocycles. The van der Waals surface area contributed by atoms with E-state index in [1.807, 2.05) is 12.1 Å². The quantitative estimate of drug-likeness (QED) is 0.411. The van der Waals surface area contributed by atoms with Gasteiger partial charge in [0.2, 0.25) is 0 Å². The number of aromatic amines is 1. The lowest BCUT2D eigenvalue weighted by atomic mass is 10.1. The molecule has 1 aromatic heterocycles. The highest BCUT2D eigenvalue weighted by Crippen LogP contribution is 2.27. The summed E-state index contributed by atoms with van der Waals surface area (Å²) >= 11 is 12.2. The minimum Gasteiger partial charge on any atom is -0.493 e. The third kappa shape index (κ3) is 4.32. The number of halogens is 2. The average Bonchev–Trinajstić information content (AvgIpc) is 2.60. The van der Waals surface area contributed by atoms with Crippen molar-refractivity contribution in [3.05, 3.63) is 50.6 Å². The number of unbranched alkanes of at least 4 members (excludes halogenated alkanes) is 1. The number of ether oxygens (including phenoxy) is 1. The zero-order valence-electron chi connectivity index (χ0n) is 14.7. The van der Waals surface area contributed by atoms with Crippen LogP contribution in [0, 0.1) is 0 Å². The molecule has 0 atom stereocenters. The largest absolute Gasteiger partial charge is 0.493 e. The summed E-state index contributed by atoms with van der Waals surface area (Å²) in [5, 5.41) is 5.26. The van der Waals surface area contributed by atoms with E-state index < -0.39 is 0 Å². The van der Waals surface area contributed by atoms with E-state index in [9.17, 15) is 4.79 Å². The number of rotatable bonds is 8. The van der Waals surface area contributed by atoms with Crippen molar-refractivity contribution in [2.24, 2.45) is 0 Å². The van der Waals surface area contributed by atoms with Crippen molar-refractivity contribution in [2.75, 3.05) is 19.7 Å². The molecule has 2 N–H and O–H groups in total. The summed E-state index contributed by atoms with van der Waals surface area (Å²) in [4.78, 5) is 16.0. The summed E-state index contributed by atoms with van der Waals surface area (Å²) < 4.78 is 5.81. The summed E-state index contributed by atoms with van der Waals surface area (Å²) in [5.41, 5.74) is 1.22. The first-order valence-electron chi connectivity index (χ1n) is 8.88. The molecule has 0 fully saturated rings. The molecular weight excluding hydrogens is 371 g/mol. The van der Waals surface area contributed by atoms with Crippen molar-refractivity contribution in [1.29, 1.82) is 0 Å². The van der Waals surface area contributed by atoms with Gasteiger partial charge in [-0.05, 0) is 50.2 Å². The van der Waals surface area contributed by atoms with Gasteiger partial charge in [0, 0.05) is 16.5 Å². The van der Waals surface area contributed by atoms with Gasteiger partial charge in [-0.2, -0.15) is 0 Å². The molecule has 1 heterocycles. The van der Waals surface area contributed by atoms with E-state index in [1.54, 1.807) is 18.2 Å². The molecule has 0 radical (unpaired) electrons. The number of pyridine rings is 1. The summed E-state index contributed by atoms with van der Waals surface area (Å²) in [5.74, 6) is 0.731. The minimum absolute atomic E-state index is 0.109. The second-order valence-corrected chi connectivity index (χ2v) is 7.12. The Bertz CT molecular complexity index is 969. The molecule has 3 rings (SSSR count). The maximum atomic E-state index is 12.7. The van der Waals surface area contributed by atoms with Crippen molar-refractivity contribution in [1.82, 2.24) is 10.3 Å². The molecular formula is C20H22Cl2N2O2. The van der Waals surface area contributed by atoms with Gasteiger partial charge in [0.15, 0.2) is 5.43 Å². The third-order valence-electron chi connectivity index (χ3n) is 4.26. The number of nitrogens with one attached hydrogen (secondary N) is 2. The van der Waals surface area contributed by atoms with Crippen LogP contribution < -0.4 is 15.5 Å². The summed E-state index contributed by atoms with van der Waals surface area (Å²) in [6, 6.07) is 8.72. The molecule has 3 aromatic rings. The van der Waals surface area contributed by atoms with Crippen molar-refractivity contribution in [3.8, 4) is 5.75 Å². The van der Waals surface area contributed by atoms with Crippen LogP contribution in [0.1, 0.15) is 26.2 Å². The fraction of sp³-hybridized carbons (Fsp3) is 0.350. The Morgan fingerprint density at radius 2 is 1.88 bits per heavy atom. The van der Waals surface area contributed by atoms with E-state index in [4.69, 9.17) is 27.9 Å². The van der Waals surface area contributed by atoms with Crippen molar-refractivity contribution < 1.29 is 4.74 Å². The van der Waals surface area contributed by atoms with E-state index in [-0.39, 0.29) is 5.43 Å². The average molecular weight is 393 g/mol. The van der Waals surface area contributed by atoms with Crippen LogP contribution in [-0.4, -0.2) is 24.7 Å². The topological polar surface area (TPSA) is 54.1 Å². The Morgan fingerprint density at radius 1 is 1.08 bits per heavy atom. The van der Waals surface area contributed by atoms with Crippen LogP contribution in [0.25, 0.3) is 21.8 Å². The highest BCUT2D eigenvalue weighted by molar-refractivity contribution is 6.38. The van der Waals surface area contributed by atoms with Gasteiger partial charge >= 0.3 is 0 Å².